The quantitative estimate of drug-likeness (QED) is 0.733. The number of ether oxygens (including phenoxy) is 2. The molecule has 1 aromatic rings. The Balaban J connectivity index is 1.94. The van der Waals surface area contributed by atoms with Crippen molar-refractivity contribution in [1.82, 2.24) is 5.32 Å². The molecule has 0 radical (unpaired) electrons. The van der Waals surface area contributed by atoms with E-state index in [-0.39, 0.29) is 30.2 Å². The van der Waals surface area contributed by atoms with Gasteiger partial charge in [-0.1, -0.05) is 6.07 Å². The van der Waals surface area contributed by atoms with E-state index in [0.29, 0.717) is 0 Å². The SMILES string of the molecule is O=C(CO)NCCC(=O)Nc1cccc2c1OC(F)(F)O2. The fourth-order valence-corrected chi connectivity index (χ4v) is 1.65. The summed E-state index contributed by atoms with van der Waals surface area (Å²) in [6.45, 7) is -0.665. The third-order valence-electron chi connectivity index (χ3n) is 2.52. The summed E-state index contributed by atoms with van der Waals surface area (Å²) in [7, 11) is 0. The van der Waals surface area contributed by atoms with Gasteiger partial charge in [0.2, 0.25) is 11.8 Å². The van der Waals surface area contributed by atoms with Gasteiger partial charge in [-0.2, -0.15) is 0 Å². The molecule has 1 aliphatic rings. The third kappa shape index (κ3) is 3.78. The lowest BCUT2D eigenvalue weighted by Gasteiger charge is -2.09. The fourth-order valence-electron chi connectivity index (χ4n) is 1.65. The van der Waals surface area contributed by atoms with Gasteiger partial charge < -0.3 is 25.2 Å². The number of hydrogen-bond acceptors (Lipinski definition) is 5. The van der Waals surface area contributed by atoms with Crippen molar-refractivity contribution in [3.05, 3.63) is 18.2 Å². The number of para-hydroxylation sites is 1. The van der Waals surface area contributed by atoms with Crippen LogP contribution in [-0.4, -0.2) is 36.4 Å². The van der Waals surface area contributed by atoms with Crippen LogP contribution in [-0.2, 0) is 9.59 Å². The molecule has 9 heteroatoms. The summed E-state index contributed by atoms with van der Waals surface area (Å²) in [5.41, 5.74) is 0.0446. The molecule has 0 bridgehead atoms. The second-order valence-electron chi connectivity index (χ2n) is 4.11. The molecule has 0 aliphatic carbocycles. The standard InChI is InChI=1S/C12H12F2N2O5/c13-12(14)20-8-3-1-2-7(11(8)21-12)16-9(18)4-5-15-10(19)6-17/h1-3,17H,4-6H2,(H,15,19)(H,16,18). The zero-order valence-corrected chi connectivity index (χ0v) is 10.7. The van der Waals surface area contributed by atoms with Gasteiger partial charge >= 0.3 is 6.29 Å². The molecule has 1 aliphatic heterocycles. The molecule has 0 saturated carbocycles. The number of amides is 2. The number of rotatable bonds is 5. The van der Waals surface area contributed by atoms with Crippen molar-refractivity contribution >= 4 is 17.5 Å². The second-order valence-corrected chi connectivity index (χ2v) is 4.11. The molecular weight excluding hydrogens is 290 g/mol. The van der Waals surface area contributed by atoms with Crippen LogP contribution in [0.1, 0.15) is 6.42 Å². The topological polar surface area (TPSA) is 96.9 Å². The van der Waals surface area contributed by atoms with Gasteiger partial charge in [0, 0.05) is 13.0 Å². The molecule has 1 heterocycles. The molecule has 21 heavy (non-hydrogen) atoms. The normalized spacial score (nSPS) is 14.6. The number of anilines is 1. The van der Waals surface area contributed by atoms with Gasteiger partial charge in [0.15, 0.2) is 11.5 Å². The van der Waals surface area contributed by atoms with Crippen molar-refractivity contribution in [1.29, 1.82) is 0 Å². The molecule has 2 amide bonds. The molecule has 2 rings (SSSR count). The largest absolute Gasteiger partial charge is 0.586 e. The van der Waals surface area contributed by atoms with Gasteiger partial charge in [-0.05, 0) is 12.1 Å². The first-order chi connectivity index (χ1) is 9.91. The van der Waals surface area contributed by atoms with E-state index in [1.165, 1.54) is 18.2 Å². The lowest BCUT2D eigenvalue weighted by atomic mass is 10.2. The predicted molar refractivity (Wildman–Crippen MR) is 66.0 cm³/mol. The summed E-state index contributed by atoms with van der Waals surface area (Å²) < 4.78 is 34.5. The van der Waals surface area contributed by atoms with Gasteiger partial charge in [-0.15, -0.1) is 8.78 Å². The number of alkyl halides is 2. The van der Waals surface area contributed by atoms with Crippen LogP contribution in [0.5, 0.6) is 11.5 Å². The summed E-state index contributed by atoms with van der Waals surface area (Å²) in [5.74, 6) is -1.55. The first kappa shape index (κ1) is 15.0. The van der Waals surface area contributed by atoms with E-state index in [4.69, 9.17) is 5.11 Å². The predicted octanol–water partition coefficient (Wildman–Crippen LogP) is 0.445. The fraction of sp³-hybridized carbons (Fsp3) is 0.333. The number of hydrogen-bond donors (Lipinski definition) is 3. The van der Waals surface area contributed by atoms with Gasteiger partial charge in [0.25, 0.3) is 0 Å². The van der Waals surface area contributed by atoms with Crippen molar-refractivity contribution in [3.8, 4) is 11.5 Å². The number of carbonyl (C=O) groups excluding carboxylic acids is 2. The number of carbonyl (C=O) groups is 2. The minimum Gasteiger partial charge on any atom is -0.395 e. The van der Waals surface area contributed by atoms with E-state index in [1.54, 1.807) is 0 Å². The second kappa shape index (κ2) is 5.92. The van der Waals surface area contributed by atoms with Crippen molar-refractivity contribution in [3.63, 3.8) is 0 Å². The molecule has 1 aromatic carbocycles. The Hall–Kier alpha value is -2.42. The Morgan fingerprint density at radius 2 is 2.00 bits per heavy atom. The lowest BCUT2D eigenvalue weighted by Crippen LogP contribution is -2.29. The Kier molecular flexibility index (Phi) is 4.22. The summed E-state index contributed by atoms with van der Waals surface area (Å²) in [5, 5.41) is 13.1. The smallest absolute Gasteiger partial charge is 0.395 e. The zero-order valence-electron chi connectivity index (χ0n) is 10.7. The lowest BCUT2D eigenvalue weighted by molar-refractivity contribution is -0.286. The minimum absolute atomic E-state index is 0.00771. The van der Waals surface area contributed by atoms with E-state index in [1.807, 2.05) is 0 Å². The van der Waals surface area contributed by atoms with Gasteiger partial charge in [-0.3, -0.25) is 9.59 Å². The van der Waals surface area contributed by atoms with E-state index in [0.717, 1.165) is 0 Å². The van der Waals surface area contributed by atoms with E-state index < -0.39 is 24.7 Å². The molecule has 0 unspecified atom stereocenters. The molecule has 0 fully saturated rings. The maximum absolute atomic E-state index is 13.0. The highest BCUT2D eigenvalue weighted by molar-refractivity contribution is 5.93. The highest BCUT2D eigenvalue weighted by Crippen LogP contribution is 2.45. The number of fused-ring (bicyclic) bond motifs is 1. The van der Waals surface area contributed by atoms with E-state index in [9.17, 15) is 18.4 Å². The summed E-state index contributed by atoms with van der Waals surface area (Å²) in [6.07, 6.45) is -3.86. The maximum Gasteiger partial charge on any atom is 0.586 e. The highest BCUT2D eigenvalue weighted by atomic mass is 19.3. The average molecular weight is 302 g/mol. The van der Waals surface area contributed by atoms with Crippen LogP contribution in [0.25, 0.3) is 0 Å². The molecule has 7 nitrogen and oxygen atoms in total. The van der Waals surface area contributed by atoms with Crippen molar-refractivity contribution < 1.29 is 33.0 Å². The van der Waals surface area contributed by atoms with Crippen LogP contribution in [0, 0.1) is 0 Å². The number of halogens is 2. The molecule has 3 N–H and O–H groups in total. The molecule has 0 aromatic heterocycles. The van der Waals surface area contributed by atoms with Crippen LogP contribution >= 0.6 is 0 Å². The maximum atomic E-state index is 13.0. The van der Waals surface area contributed by atoms with Gasteiger partial charge in [0.05, 0.1) is 5.69 Å². The van der Waals surface area contributed by atoms with Crippen LogP contribution in [0.4, 0.5) is 14.5 Å². The third-order valence-corrected chi connectivity index (χ3v) is 2.52. The summed E-state index contributed by atoms with van der Waals surface area (Å²) in [4.78, 5) is 22.4. The minimum atomic E-state index is -3.77. The highest BCUT2D eigenvalue weighted by Gasteiger charge is 2.44. The zero-order chi connectivity index (χ0) is 15.5. The molecule has 0 saturated heterocycles. The van der Waals surface area contributed by atoms with Crippen molar-refractivity contribution in [2.24, 2.45) is 0 Å². The number of nitrogens with one attached hydrogen (secondary N) is 2. The summed E-state index contributed by atoms with van der Waals surface area (Å²) in [6, 6.07) is 4.09. The summed E-state index contributed by atoms with van der Waals surface area (Å²) >= 11 is 0. The molecule has 114 valence electrons. The molecular formula is C12H12F2N2O5. The Bertz CT molecular complexity index is 565. The first-order valence-corrected chi connectivity index (χ1v) is 5.97. The van der Waals surface area contributed by atoms with Gasteiger partial charge in [0.1, 0.15) is 6.61 Å². The Morgan fingerprint density at radius 1 is 1.24 bits per heavy atom. The number of benzene rings is 1. The van der Waals surface area contributed by atoms with Crippen LogP contribution in [0.2, 0.25) is 0 Å². The van der Waals surface area contributed by atoms with E-state index in [2.05, 4.69) is 20.1 Å². The van der Waals surface area contributed by atoms with Crippen molar-refractivity contribution in [2.75, 3.05) is 18.5 Å². The van der Waals surface area contributed by atoms with Crippen LogP contribution < -0.4 is 20.1 Å². The molecule has 0 spiro atoms. The van der Waals surface area contributed by atoms with Crippen molar-refractivity contribution in [2.45, 2.75) is 12.7 Å². The van der Waals surface area contributed by atoms with Gasteiger partial charge in [-0.25, -0.2) is 0 Å². The van der Waals surface area contributed by atoms with E-state index >= 15 is 0 Å². The first-order valence-electron chi connectivity index (χ1n) is 5.97. The number of aliphatic hydroxyl groups is 1. The van der Waals surface area contributed by atoms with Crippen LogP contribution in [0.3, 0.4) is 0 Å². The Labute approximate surface area is 117 Å². The Morgan fingerprint density at radius 3 is 2.71 bits per heavy atom. The number of aliphatic hydroxyl groups excluding tert-OH is 1. The van der Waals surface area contributed by atoms with Crippen LogP contribution in [0.15, 0.2) is 18.2 Å². The monoisotopic (exact) mass is 302 g/mol. The molecule has 0 atom stereocenters. The average Bonchev–Trinajstić information content (AvgIpc) is 2.73.